The summed E-state index contributed by atoms with van der Waals surface area (Å²) < 4.78 is 0. The smallest absolute Gasteiger partial charge is 0.00644 e. The molecule has 0 amide bonds. The summed E-state index contributed by atoms with van der Waals surface area (Å²) in [6, 6.07) is 0. The first-order chi connectivity index (χ1) is 7.54. The molecule has 16 heavy (non-hydrogen) atoms. The molecule has 0 aromatic carbocycles. The Morgan fingerprint density at radius 1 is 1.12 bits per heavy atom. The molecule has 0 saturated heterocycles. The Kier molecular flexibility index (Phi) is 7.02. The lowest BCUT2D eigenvalue weighted by Crippen LogP contribution is -2.03. The SMILES string of the molecule is C=CC(=C\CC(=C)CC)/C(C=C)=C/N(C)C. The average molecular weight is 217 g/mol. The predicted molar refractivity (Wildman–Crippen MR) is 74.3 cm³/mol. The van der Waals surface area contributed by atoms with Crippen molar-refractivity contribution in [3.8, 4) is 0 Å². The summed E-state index contributed by atoms with van der Waals surface area (Å²) in [6.45, 7) is 13.8. The first kappa shape index (κ1) is 14.5. The molecule has 0 aliphatic heterocycles. The number of rotatable bonds is 7. The fraction of sp³-hybridized carbons (Fsp3) is 0.333. The zero-order valence-corrected chi connectivity index (χ0v) is 10.8. The molecule has 0 rings (SSSR count). The van der Waals surface area contributed by atoms with Crippen LogP contribution in [0, 0.1) is 0 Å². The molecule has 1 heteroatoms. The highest BCUT2D eigenvalue weighted by atomic mass is 15.0. The van der Waals surface area contributed by atoms with Crippen LogP contribution in [0.3, 0.4) is 0 Å². The van der Waals surface area contributed by atoms with Crippen molar-refractivity contribution < 1.29 is 0 Å². The molecule has 88 valence electrons. The first-order valence-corrected chi connectivity index (χ1v) is 5.55. The molecule has 0 N–H and O–H groups in total. The summed E-state index contributed by atoms with van der Waals surface area (Å²) in [5.41, 5.74) is 3.43. The van der Waals surface area contributed by atoms with Gasteiger partial charge in [-0.25, -0.2) is 0 Å². The van der Waals surface area contributed by atoms with Crippen molar-refractivity contribution in [2.45, 2.75) is 19.8 Å². The third-order valence-electron chi connectivity index (χ3n) is 2.28. The fourth-order valence-electron chi connectivity index (χ4n) is 1.24. The van der Waals surface area contributed by atoms with E-state index in [-0.39, 0.29) is 0 Å². The van der Waals surface area contributed by atoms with Crippen LogP contribution < -0.4 is 0 Å². The van der Waals surface area contributed by atoms with Gasteiger partial charge in [0.25, 0.3) is 0 Å². The molecule has 0 radical (unpaired) electrons. The van der Waals surface area contributed by atoms with Crippen molar-refractivity contribution in [1.82, 2.24) is 4.90 Å². The Balaban J connectivity index is 4.88. The lowest BCUT2D eigenvalue weighted by atomic mass is 10.0. The molecule has 0 aliphatic rings. The van der Waals surface area contributed by atoms with E-state index in [0.29, 0.717) is 0 Å². The van der Waals surface area contributed by atoms with Gasteiger partial charge in [0.05, 0.1) is 0 Å². The standard InChI is InChI=1S/C15H23N/c1-7-13(4)10-11-14(8-2)15(9-3)12-16(5)6/h8-9,11-12H,2-4,7,10H2,1,5-6H3/b14-11+,15-12+. The highest BCUT2D eigenvalue weighted by molar-refractivity contribution is 5.45. The number of allylic oxidation sites excluding steroid dienone is 6. The van der Waals surface area contributed by atoms with Crippen molar-refractivity contribution in [1.29, 1.82) is 0 Å². The van der Waals surface area contributed by atoms with E-state index in [1.165, 1.54) is 5.57 Å². The molecule has 0 bridgehead atoms. The zero-order valence-electron chi connectivity index (χ0n) is 10.8. The van der Waals surface area contributed by atoms with Crippen molar-refractivity contribution in [3.05, 3.63) is 60.9 Å². The molecule has 0 unspecified atom stereocenters. The van der Waals surface area contributed by atoms with Gasteiger partial charge in [-0.3, -0.25) is 0 Å². The van der Waals surface area contributed by atoms with Gasteiger partial charge in [0, 0.05) is 20.3 Å². The van der Waals surface area contributed by atoms with Crippen LogP contribution in [0.5, 0.6) is 0 Å². The van der Waals surface area contributed by atoms with Crippen LogP contribution in [0.4, 0.5) is 0 Å². The summed E-state index contributed by atoms with van der Waals surface area (Å²) in [5, 5.41) is 0. The summed E-state index contributed by atoms with van der Waals surface area (Å²) in [5.74, 6) is 0. The van der Waals surface area contributed by atoms with Crippen LogP contribution in [-0.4, -0.2) is 19.0 Å². The van der Waals surface area contributed by atoms with Crippen LogP contribution in [0.15, 0.2) is 60.9 Å². The van der Waals surface area contributed by atoms with E-state index in [2.05, 4.69) is 32.7 Å². The minimum Gasteiger partial charge on any atom is -0.383 e. The molecule has 0 spiro atoms. The van der Waals surface area contributed by atoms with Crippen molar-refractivity contribution in [2.24, 2.45) is 0 Å². The number of hydrogen-bond donors (Lipinski definition) is 0. The first-order valence-electron chi connectivity index (χ1n) is 5.55. The van der Waals surface area contributed by atoms with Gasteiger partial charge in [-0.1, -0.05) is 50.5 Å². The van der Waals surface area contributed by atoms with Gasteiger partial charge in [-0.15, -0.1) is 0 Å². The molecule has 0 aromatic rings. The topological polar surface area (TPSA) is 3.24 Å². The Morgan fingerprint density at radius 3 is 2.06 bits per heavy atom. The summed E-state index contributed by atoms with van der Waals surface area (Å²) >= 11 is 0. The van der Waals surface area contributed by atoms with Crippen LogP contribution in [0.25, 0.3) is 0 Å². The van der Waals surface area contributed by atoms with E-state index in [1.807, 2.05) is 37.3 Å². The van der Waals surface area contributed by atoms with Gasteiger partial charge in [0.15, 0.2) is 0 Å². The van der Waals surface area contributed by atoms with Crippen molar-refractivity contribution in [3.63, 3.8) is 0 Å². The molecular formula is C15H23N. The number of nitrogens with zero attached hydrogens (tertiary/aromatic N) is 1. The molecule has 0 aliphatic carbocycles. The van der Waals surface area contributed by atoms with E-state index < -0.39 is 0 Å². The molecular weight excluding hydrogens is 194 g/mol. The third-order valence-corrected chi connectivity index (χ3v) is 2.28. The fourth-order valence-corrected chi connectivity index (χ4v) is 1.24. The van der Waals surface area contributed by atoms with Gasteiger partial charge in [0.2, 0.25) is 0 Å². The second-order valence-electron chi connectivity index (χ2n) is 3.92. The van der Waals surface area contributed by atoms with Crippen LogP contribution in [0.2, 0.25) is 0 Å². The van der Waals surface area contributed by atoms with E-state index in [0.717, 1.165) is 24.0 Å². The van der Waals surface area contributed by atoms with E-state index in [9.17, 15) is 0 Å². The minimum absolute atomic E-state index is 0.899. The normalized spacial score (nSPS) is 12.2. The Morgan fingerprint density at radius 2 is 1.69 bits per heavy atom. The Hall–Kier alpha value is -1.50. The Bertz CT molecular complexity index is 316. The highest BCUT2D eigenvalue weighted by Gasteiger charge is 1.98. The van der Waals surface area contributed by atoms with Crippen molar-refractivity contribution >= 4 is 0 Å². The third kappa shape index (κ3) is 5.40. The van der Waals surface area contributed by atoms with E-state index in [1.54, 1.807) is 0 Å². The summed E-state index contributed by atoms with van der Waals surface area (Å²) in [7, 11) is 3.99. The maximum atomic E-state index is 3.99. The van der Waals surface area contributed by atoms with Gasteiger partial charge in [-0.05, 0) is 24.0 Å². The minimum atomic E-state index is 0.899. The van der Waals surface area contributed by atoms with E-state index >= 15 is 0 Å². The molecule has 0 aromatic heterocycles. The molecule has 0 heterocycles. The lowest BCUT2D eigenvalue weighted by Gasteiger charge is -2.10. The molecule has 0 fully saturated rings. The van der Waals surface area contributed by atoms with Crippen LogP contribution >= 0.6 is 0 Å². The van der Waals surface area contributed by atoms with Gasteiger partial charge >= 0.3 is 0 Å². The van der Waals surface area contributed by atoms with E-state index in [4.69, 9.17) is 0 Å². The van der Waals surface area contributed by atoms with Crippen molar-refractivity contribution in [2.75, 3.05) is 14.1 Å². The average Bonchev–Trinajstić information content (AvgIpc) is 2.27. The monoisotopic (exact) mass is 217 g/mol. The summed E-state index contributed by atoms with van der Waals surface area (Å²) in [4.78, 5) is 2.00. The van der Waals surface area contributed by atoms with Crippen LogP contribution in [0.1, 0.15) is 19.8 Å². The van der Waals surface area contributed by atoms with Gasteiger partial charge in [0.1, 0.15) is 0 Å². The van der Waals surface area contributed by atoms with Gasteiger partial charge in [-0.2, -0.15) is 0 Å². The quantitative estimate of drug-likeness (QED) is 0.458. The predicted octanol–water partition coefficient (Wildman–Crippen LogP) is 4.09. The highest BCUT2D eigenvalue weighted by Crippen LogP contribution is 2.16. The Labute approximate surface area is 100 Å². The maximum Gasteiger partial charge on any atom is 0.00644 e. The van der Waals surface area contributed by atoms with Gasteiger partial charge < -0.3 is 4.90 Å². The lowest BCUT2D eigenvalue weighted by molar-refractivity contribution is 0.561. The largest absolute Gasteiger partial charge is 0.383 e. The molecule has 0 atom stereocenters. The zero-order chi connectivity index (χ0) is 12.6. The molecule has 0 saturated carbocycles. The summed E-state index contributed by atoms with van der Waals surface area (Å²) in [6.07, 6.45) is 9.81. The number of hydrogen-bond acceptors (Lipinski definition) is 1. The second-order valence-corrected chi connectivity index (χ2v) is 3.92. The maximum absolute atomic E-state index is 3.99. The van der Waals surface area contributed by atoms with Crippen LogP contribution in [-0.2, 0) is 0 Å². The molecule has 1 nitrogen and oxygen atoms in total. The second kappa shape index (κ2) is 7.75.